The van der Waals surface area contributed by atoms with Gasteiger partial charge < -0.3 is 14.8 Å². The van der Waals surface area contributed by atoms with Gasteiger partial charge in [-0.15, -0.1) is 0 Å². The summed E-state index contributed by atoms with van der Waals surface area (Å²) in [6.07, 6.45) is 2.95. The van der Waals surface area contributed by atoms with E-state index in [1.54, 1.807) is 24.3 Å². The molecule has 3 aliphatic rings. The molecule has 3 amide bonds. The van der Waals surface area contributed by atoms with E-state index in [1.165, 1.54) is 34.7 Å². The maximum Gasteiger partial charge on any atom is 0.338 e. The Hall–Kier alpha value is -4.27. The highest BCUT2D eigenvalue weighted by Crippen LogP contribution is 2.55. The highest BCUT2D eigenvalue weighted by Gasteiger charge is 2.60. The molecule has 0 radical (unpaired) electrons. The van der Waals surface area contributed by atoms with E-state index in [4.69, 9.17) is 9.47 Å². The molecule has 5 rings (SSSR count). The summed E-state index contributed by atoms with van der Waals surface area (Å²) in [7, 11) is 0. The Bertz CT molecular complexity index is 1380. The molecule has 0 aromatic heterocycles. The minimum Gasteiger partial charge on any atom is -0.462 e. The SMILES string of the molecule is CC1=C[C@H]2C[C@H]1[C@H]1C(=O)N(c3cccc(C(=O)OCC(=O)Nc4ccc(C(=O)OCC(C)C)cc4)c3)C(=O)[C@H]12. The van der Waals surface area contributed by atoms with E-state index in [1.807, 2.05) is 20.8 Å². The van der Waals surface area contributed by atoms with Crippen molar-refractivity contribution >= 4 is 41.0 Å². The fourth-order valence-corrected chi connectivity index (χ4v) is 5.73. The number of rotatable bonds is 8. The molecule has 9 nitrogen and oxygen atoms in total. The van der Waals surface area contributed by atoms with Gasteiger partial charge in [0.05, 0.1) is 35.3 Å². The molecule has 1 saturated carbocycles. The minimum absolute atomic E-state index is 0.0861. The molecule has 1 N–H and O–H groups in total. The Kier molecular flexibility index (Phi) is 7.08. The number of esters is 2. The van der Waals surface area contributed by atoms with Crippen molar-refractivity contribution in [3.8, 4) is 0 Å². The number of fused-ring (bicyclic) bond motifs is 5. The first-order valence-corrected chi connectivity index (χ1v) is 13.0. The number of benzene rings is 2. The highest BCUT2D eigenvalue weighted by molar-refractivity contribution is 6.23. The predicted molar refractivity (Wildman–Crippen MR) is 142 cm³/mol. The summed E-state index contributed by atoms with van der Waals surface area (Å²) < 4.78 is 10.3. The van der Waals surface area contributed by atoms with Gasteiger partial charge in [-0.3, -0.25) is 14.4 Å². The van der Waals surface area contributed by atoms with Gasteiger partial charge in [0, 0.05) is 5.69 Å². The van der Waals surface area contributed by atoms with Crippen molar-refractivity contribution in [1.82, 2.24) is 0 Å². The zero-order valence-electron chi connectivity index (χ0n) is 22.0. The number of carbonyl (C=O) groups excluding carboxylic acids is 5. The number of ether oxygens (including phenoxy) is 2. The van der Waals surface area contributed by atoms with Crippen molar-refractivity contribution in [2.45, 2.75) is 27.2 Å². The normalized spacial score (nSPS) is 23.1. The first-order chi connectivity index (χ1) is 18.6. The lowest BCUT2D eigenvalue weighted by molar-refractivity contribution is -0.123. The Labute approximate surface area is 226 Å². The third-order valence-electron chi connectivity index (χ3n) is 7.51. The summed E-state index contributed by atoms with van der Waals surface area (Å²) in [5.41, 5.74) is 2.40. The first-order valence-electron chi connectivity index (χ1n) is 13.0. The van der Waals surface area contributed by atoms with Gasteiger partial charge in [0.15, 0.2) is 6.61 Å². The summed E-state index contributed by atoms with van der Waals surface area (Å²) in [6.45, 7) is 5.66. The largest absolute Gasteiger partial charge is 0.462 e. The monoisotopic (exact) mass is 530 g/mol. The van der Waals surface area contributed by atoms with Crippen LogP contribution in [0.4, 0.5) is 11.4 Å². The van der Waals surface area contributed by atoms with Crippen LogP contribution in [0, 0.1) is 29.6 Å². The summed E-state index contributed by atoms with van der Waals surface area (Å²) >= 11 is 0. The summed E-state index contributed by atoms with van der Waals surface area (Å²) in [6, 6.07) is 12.3. The van der Waals surface area contributed by atoms with Crippen LogP contribution in [0.3, 0.4) is 0 Å². The lowest BCUT2D eigenvalue weighted by atomic mass is 9.82. The van der Waals surface area contributed by atoms with E-state index < -0.39 is 24.5 Å². The number of hydrogen-bond acceptors (Lipinski definition) is 7. The lowest BCUT2D eigenvalue weighted by Gasteiger charge is -2.19. The minimum atomic E-state index is -0.757. The molecule has 0 spiro atoms. The molecule has 2 aliphatic carbocycles. The number of hydrogen-bond donors (Lipinski definition) is 1. The van der Waals surface area contributed by atoms with Crippen LogP contribution in [0.2, 0.25) is 0 Å². The fourth-order valence-electron chi connectivity index (χ4n) is 5.73. The molecule has 2 fully saturated rings. The number of imide groups is 1. The number of nitrogens with one attached hydrogen (secondary N) is 1. The van der Waals surface area contributed by atoms with Crippen LogP contribution in [-0.2, 0) is 23.9 Å². The van der Waals surface area contributed by atoms with Crippen LogP contribution in [0.5, 0.6) is 0 Å². The zero-order valence-corrected chi connectivity index (χ0v) is 22.0. The molecular formula is C30H30N2O7. The maximum atomic E-state index is 13.2. The molecule has 2 aromatic carbocycles. The van der Waals surface area contributed by atoms with Crippen LogP contribution >= 0.6 is 0 Å². The Morgan fingerprint density at radius 1 is 0.949 bits per heavy atom. The molecule has 4 atom stereocenters. The van der Waals surface area contributed by atoms with Crippen LogP contribution in [0.15, 0.2) is 60.2 Å². The van der Waals surface area contributed by atoms with E-state index in [-0.39, 0.29) is 47.0 Å². The van der Waals surface area contributed by atoms with Gasteiger partial charge in [-0.2, -0.15) is 0 Å². The molecule has 0 unspecified atom stereocenters. The van der Waals surface area contributed by atoms with E-state index in [2.05, 4.69) is 11.4 Å². The van der Waals surface area contributed by atoms with Gasteiger partial charge >= 0.3 is 11.9 Å². The molecular weight excluding hydrogens is 500 g/mol. The van der Waals surface area contributed by atoms with E-state index in [0.29, 0.717) is 23.5 Å². The summed E-state index contributed by atoms with van der Waals surface area (Å²) in [5, 5.41) is 2.60. The molecule has 1 heterocycles. The van der Waals surface area contributed by atoms with E-state index in [9.17, 15) is 24.0 Å². The van der Waals surface area contributed by atoms with Crippen molar-refractivity contribution in [3.05, 3.63) is 71.3 Å². The third kappa shape index (κ3) is 5.08. The lowest BCUT2D eigenvalue weighted by Crippen LogP contribution is -2.33. The number of anilines is 2. The van der Waals surface area contributed by atoms with Crippen molar-refractivity contribution < 1.29 is 33.4 Å². The van der Waals surface area contributed by atoms with Gasteiger partial charge in [-0.25, -0.2) is 14.5 Å². The number of carbonyl (C=O) groups is 5. The first kappa shape index (κ1) is 26.3. The van der Waals surface area contributed by atoms with Gasteiger partial charge in [0.25, 0.3) is 5.91 Å². The second-order valence-electron chi connectivity index (χ2n) is 10.7. The number of nitrogens with zero attached hydrogens (tertiary/aromatic N) is 1. The molecule has 2 bridgehead atoms. The quantitative estimate of drug-likeness (QED) is 0.311. The van der Waals surface area contributed by atoms with Gasteiger partial charge in [-0.05, 0) is 73.6 Å². The maximum absolute atomic E-state index is 13.2. The smallest absolute Gasteiger partial charge is 0.338 e. The average Bonchev–Trinajstić information content (AvgIpc) is 3.56. The number of allylic oxidation sites excluding steroid dienone is 2. The van der Waals surface area contributed by atoms with Crippen LogP contribution in [-0.4, -0.2) is 42.9 Å². The molecule has 1 aliphatic heterocycles. The number of amides is 3. The summed E-state index contributed by atoms with van der Waals surface area (Å²) in [5.74, 6) is -2.50. The second-order valence-corrected chi connectivity index (χ2v) is 10.7. The van der Waals surface area contributed by atoms with Crippen molar-refractivity contribution in [1.29, 1.82) is 0 Å². The zero-order chi connectivity index (χ0) is 27.8. The van der Waals surface area contributed by atoms with Gasteiger partial charge in [0.1, 0.15) is 0 Å². The Morgan fingerprint density at radius 2 is 1.64 bits per heavy atom. The topological polar surface area (TPSA) is 119 Å². The predicted octanol–water partition coefficient (Wildman–Crippen LogP) is 4.00. The molecule has 2 aromatic rings. The van der Waals surface area contributed by atoms with Gasteiger partial charge in [-0.1, -0.05) is 31.6 Å². The third-order valence-corrected chi connectivity index (χ3v) is 7.51. The summed E-state index contributed by atoms with van der Waals surface area (Å²) in [4.78, 5) is 64.6. The standard InChI is InChI=1S/C30H30N2O7/c1-16(2)14-38-29(36)18-7-9-21(10-8-18)31-24(33)15-39-30(37)19-5-4-6-22(12-19)32-27(34)25-20-11-17(3)23(13-20)26(25)28(32)35/h4-12,16,20,23,25-26H,13-15H2,1-3H3,(H,31,33)/t20-,23+,25-,26+/m0/s1. The van der Waals surface area contributed by atoms with E-state index >= 15 is 0 Å². The molecule has 9 heteroatoms. The van der Waals surface area contributed by atoms with Crippen LogP contribution in [0.25, 0.3) is 0 Å². The molecule has 1 saturated heterocycles. The Morgan fingerprint density at radius 3 is 2.36 bits per heavy atom. The molecule has 39 heavy (non-hydrogen) atoms. The van der Waals surface area contributed by atoms with Crippen LogP contribution < -0.4 is 10.2 Å². The second kappa shape index (κ2) is 10.5. The van der Waals surface area contributed by atoms with Crippen molar-refractivity contribution in [2.24, 2.45) is 29.6 Å². The van der Waals surface area contributed by atoms with Crippen LogP contribution in [0.1, 0.15) is 47.9 Å². The highest BCUT2D eigenvalue weighted by atomic mass is 16.5. The van der Waals surface area contributed by atoms with Crippen molar-refractivity contribution in [2.75, 3.05) is 23.4 Å². The average molecular weight is 531 g/mol. The molecule has 202 valence electrons. The Balaban J connectivity index is 1.16. The fraction of sp³-hybridized carbons (Fsp3) is 0.367. The van der Waals surface area contributed by atoms with Gasteiger partial charge in [0.2, 0.25) is 11.8 Å². The van der Waals surface area contributed by atoms with Crippen molar-refractivity contribution in [3.63, 3.8) is 0 Å². The van der Waals surface area contributed by atoms with E-state index in [0.717, 1.165) is 6.42 Å².